The smallest absolute Gasteiger partial charge is 0.217 e. The number of hydrogen-bond acceptors (Lipinski definition) is 4. The van der Waals surface area contributed by atoms with E-state index in [1.807, 2.05) is 0 Å². The molecular weight excluding hydrogens is 235 g/mol. The van der Waals surface area contributed by atoms with Crippen LogP contribution in [0.15, 0.2) is 24.4 Å². The van der Waals surface area contributed by atoms with Crippen LogP contribution < -0.4 is 5.73 Å². The highest BCUT2D eigenvalue weighted by Gasteiger charge is 2.17. The molecule has 0 saturated heterocycles. The minimum Gasteiger partial charge on any atom is -0.329 e. The minimum absolute atomic E-state index is 0.00907. The first kappa shape index (κ1) is 12.4. The quantitative estimate of drug-likeness (QED) is 0.816. The van der Waals surface area contributed by atoms with Crippen molar-refractivity contribution in [3.63, 3.8) is 0 Å². The molecule has 0 aliphatic carbocycles. The number of carbonyl (C=O) groups excluding carboxylic acids is 1. The number of halogens is 1. The Balaban J connectivity index is 2.32. The lowest BCUT2D eigenvalue weighted by Crippen LogP contribution is -2.10. The Morgan fingerprint density at radius 1 is 1.50 bits per heavy atom. The van der Waals surface area contributed by atoms with E-state index in [0.29, 0.717) is 13.1 Å². The van der Waals surface area contributed by atoms with Crippen molar-refractivity contribution >= 4 is 5.78 Å². The van der Waals surface area contributed by atoms with Gasteiger partial charge in [0.05, 0.1) is 18.3 Å². The third-order valence-corrected chi connectivity index (χ3v) is 2.50. The maximum absolute atomic E-state index is 13.6. The molecule has 0 bridgehead atoms. The van der Waals surface area contributed by atoms with Crippen molar-refractivity contribution in [1.29, 1.82) is 0 Å². The van der Waals surface area contributed by atoms with Crippen LogP contribution in [-0.2, 0) is 6.54 Å². The Hall–Kier alpha value is -2.08. The van der Waals surface area contributed by atoms with Crippen molar-refractivity contribution < 1.29 is 9.18 Å². The molecule has 0 radical (unpaired) electrons. The van der Waals surface area contributed by atoms with E-state index in [-0.39, 0.29) is 11.3 Å². The monoisotopic (exact) mass is 248 g/mol. The molecule has 0 atom stereocenters. The van der Waals surface area contributed by atoms with Gasteiger partial charge in [-0.25, -0.2) is 4.39 Å². The molecule has 0 fully saturated rings. The van der Waals surface area contributed by atoms with E-state index in [9.17, 15) is 9.18 Å². The summed E-state index contributed by atoms with van der Waals surface area (Å²) in [6, 6.07) is 4.38. The van der Waals surface area contributed by atoms with Crippen LogP contribution in [0, 0.1) is 12.7 Å². The van der Waals surface area contributed by atoms with Crippen molar-refractivity contribution in [3.8, 4) is 0 Å². The van der Waals surface area contributed by atoms with E-state index in [1.54, 1.807) is 13.0 Å². The third-order valence-electron chi connectivity index (χ3n) is 2.50. The zero-order valence-electron chi connectivity index (χ0n) is 9.93. The Morgan fingerprint density at radius 3 is 3.00 bits per heavy atom. The number of carbonyl (C=O) groups is 1. The van der Waals surface area contributed by atoms with Crippen LogP contribution >= 0.6 is 0 Å². The van der Waals surface area contributed by atoms with E-state index < -0.39 is 11.6 Å². The van der Waals surface area contributed by atoms with E-state index >= 15 is 0 Å². The highest BCUT2D eigenvalue weighted by Crippen LogP contribution is 2.13. The highest BCUT2D eigenvalue weighted by molar-refractivity contribution is 6.07. The van der Waals surface area contributed by atoms with Crippen molar-refractivity contribution in [3.05, 3.63) is 47.0 Å². The standard InChI is InChI=1S/C12H13FN4O/c1-8-2-3-10(13)9(6-8)12(18)11-7-17(5-4-14)16-15-11/h2-3,6-7H,4-5,14H2,1H3. The second kappa shape index (κ2) is 5.05. The molecule has 1 aromatic heterocycles. The van der Waals surface area contributed by atoms with Gasteiger partial charge < -0.3 is 5.73 Å². The fourth-order valence-electron chi connectivity index (χ4n) is 1.60. The van der Waals surface area contributed by atoms with Crippen LogP contribution in [0.5, 0.6) is 0 Å². The van der Waals surface area contributed by atoms with Gasteiger partial charge in [-0.2, -0.15) is 0 Å². The normalized spacial score (nSPS) is 10.6. The summed E-state index contributed by atoms with van der Waals surface area (Å²) >= 11 is 0. The zero-order chi connectivity index (χ0) is 13.1. The van der Waals surface area contributed by atoms with E-state index in [2.05, 4.69) is 10.3 Å². The van der Waals surface area contributed by atoms with E-state index in [4.69, 9.17) is 5.73 Å². The lowest BCUT2D eigenvalue weighted by molar-refractivity contribution is 0.103. The Morgan fingerprint density at radius 2 is 2.28 bits per heavy atom. The van der Waals surface area contributed by atoms with Gasteiger partial charge in [0.2, 0.25) is 5.78 Å². The molecule has 2 aromatic rings. The SMILES string of the molecule is Cc1ccc(F)c(C(=O)c2cn(CCN)nn2)c1. The highest BCUT2D eigenvalue weighted by atomic mass is 19.1. The van der Waals surface area contributed by atoms with Crippen LogP contribution in [-0.4, -0.2) is 27.3 Å². The maximum Gasteiger partial charge on any atom is 0.217 e. The molecule has 0 unspecified atom stereocenters. The molecule has 0 spiro atoms. The average molecular weight is 248 g/mol. The molecule has 0 aliphatic heterocycles. The minimum atomic E-state index is -0.557. The van der Waals surface area contributed by atoms with Crippen LogP contribution in [0.2, 0.25) is 0 Å². The van der Waals surface area contributed by atoms with Gasteiger partial charge in [0.1, 0.15) is 5.82 Å². The number of hydrogen-bond donors (Lipinski definition) is 1. The molecule has 2 rings (SSSR count). The van der Waals surface area contributed by atoms with Crippen LogP contribution in [0.4, 0.5) is 4.39 Å². The number of benzene rings is 1. The number of rotatable bonds is 4. The molecule has 0 amide bonds. The lowest BCUT2D eigenvalue weighted by atomic mass is 10.1. The second-order valence-electron chi connectivity index (χ2n) is 3.97. The maximum atomic E-state index is 13.6. The first-order valence-corrected chi connectivity index (χ1v) is 5.53. The molecule has 0 saturated carbocycles. The Bertz CT molecular complexity index is 579. The molecule has 1 heterocycles. The number of nitrogens with zero attached hydrogens (tertiary/aromatic N) is 3. The Kier molecular flexibility index (Phi) is 3.47. The average Bonchev–Trinajstić information content (AvgIpc) is 2.80. The van der Waals surface area contributed by atoms with Crippen LogP contribution in [0.25, 0.3) is 0 Å². The molecular formula is C12H13FN4O. The van der Waals surface area contributed by atoms with E-state index in [1.165, 1.54) is 23.0 Å². The van der Waals surface area contributed by atoms with Crippen molar-refractivity contribution in [2.45, 2.75) is 13.5 Å². The molecule has 2 N–H and O–H groups in total. The third kappa shape index (κ3) is 2.43. The number of aromatic nitrogens is 3. The summed E-state index contributed by atoms with van der Waals surface area (Å²) in [7, 11) is 0. The van der Waals surface area contributed by atoms with Gasteiger partial charge in [0, 0.05) is 6.54 Å². The summed E-state index contributed by atoms with van der Waals surface area (Å²) < 4.78 is 15.0. The summed E-state index contributed by atoms with van der Waals surface area (Å²) in [4.78, 5) is 12.0. The predicted molar refractivity (Wildman–Crippen MR) is 63.6 cm³/mol. The van der Waals surface area contributed by atoms with Crippen LogP contribution in [0.3, 0.4) is 0 Å². The summed E-state index contributed by atoms with van der Waals surface area (Å²) in [5, 5.41) is 7.47. The molecule has 6 heteroatoms. The fourth-order valence-corrected chi connectivity index (χ4v) is 1.60. The van der Waals surface area contributed by atoms with Crippen LogP contribution in [0.1, 0.15) is 21.6 Å². The second-order valence-corrected chi connectivity index (χ2v) is 3.97. The van der Waals surface area contributed by atoms with Crippen molar-refractivity contribution in [1.82, 2.24) is 15.0 Å². The summed E-state index contributed by atoms with van der Waals surface area (Å²) in [6.07, 6.45) is 1.47. The summed E-state index contributed by atoms with van der Waals surface area (Å²) in [5.41, 5.74) is 6.31. The van der Waals surface area contributed by atoms with Gasteiger partial charge in [-0.1, -0.05) is 16.8 Å². The first-order chi connectivity index (χ1) is 8.61. The van der Waals surface area contributed by atoms with Crippen molar-refractivity contribution in [2.24, 2.45) is 5.73 Å². The molecule has 18 heavy (non-hydrogen) atoms. The van der Waals surface area contributed by atoms with Crippen molar-refractivity contribution in [2.75, 3.05) is 6.54 Å². The van der Waals surface area contributed by atoms with Gasteiger partial charge in [-0.15, -0.1) is 5.10 Å². The molecule has 5 nitrogen and oxygen atoms in total. The fraction of sp³-hybridized carbons (Fsp3) is 0.250. The summed E-state index contributed by atoms with van der Waals surface area (Å²) in [6.45, 7) is 2.66. The largest absolute Gasteiger partial charge is 0.329 e. The molecule has 94 valence electrons. The number of ketones is 1. The number of nitrogens with two attached hydrogens (primary N) is 1. The van der Waals surface area contributed by atoms with Gasteiger partial charge in [-0.05, 0) is 19.1 Å². The molecule has 0 aliphatic rings. The van der Waals surface area contributed by atoms with Gasteiger partial charge in [-0.3, -0.25) is 9.48 Å². The van der Waals surface area contributed by atoms with Gasteiger partial charge in [0.15, 0.2) is 5.69 Å². The predicted octanol–water partition coefficient (Wildman–Crippen LogP) is 0.915. The van der Waals surface area contributed by atoms with Gasteiger partial charge in [0.25, 0.3) is 0 Å². The first-order valence-electron chi connectivity index (χ1n) is 5.53. The topological polar surface area (TPSA) is 73.8 Å². The zero-order valence-corrected chi connectivity index (χ0v) is 9.93. The number of aryl methyl sites for hydroxylation is 1. The molecule has 1 aromatic carbocycles. The lowest BCUT2D eigenvalue weighted by Gasteiger charge is -2.00. The Labute approximate surface area is 103 Å². The summed E-state index contributed by atoms with van der Waals surface area (Å²) in [5.74, 6) is -1.03. The van der Waals surface area contributed by atoms with E-state index in [0.717, 1.165) is 5.56 Å². The van der Waals surface area contributed by atoms with Gasteiger partial charge >= 0.3 is 0 Å².